The molecule has 1 heterocycles. The van der Waals surface area contributed by atoms with Crippen molar-refractivity contribution in [1.82, 2.24) is 15.1 Å². The Bertz CT molecular complexity index is 622. The van der Waals surface area contributed by atoms with Crippen LogP contribution in [0, 0.1) is 11.6 Å². The third-order valence-corrected chi connectivity index (χ3v) is 4.30. The first-order chi connectivity index (χ1) is 11.3. The number of likely N-dealkylation sites (tertiary alicyclic amines) is 1. The van der Waals surface area contributed by atoms with Crippen molar-refractivity contribution in [3.63, 3.8) is 0 Å². The standard InChI is InChI=1S/C17H23F2N3O2/c1-11(2)21(3)17(24)20-15-5-4-8-22(16(15)23)10-12-6-7-13(18)9-14(12)19/h6-7,9,11,15H,4-5,8,10H2,1-3H3,(H,20,24). The predicted octanol–water partition coefficient (Wildman–Crippen LogP) is 2.51. The summed E-state index contributed by atoms with van der Waals surface area (Å²) in [6, 6.07) is 2.42. The lowest BCUT2D eigenvalue weighted by molar-refractivity contribution is -0.136. The number of carbonyl (C=O) groups excluding carboxylic acids is 2. The average Bonchev–Trinajstić information content (AvgIpc) is 2.52. The molecule has 1 aromatic rings. The molecule has 1 unspecified atom stereocenters. The van der Waals surface area contributed by atoms with Gasteiger partial charge in [0.15, 0.2) is 0 Å². The van der Waals surface area contributed by atoms with Crippen molar-refractivity contribution >= 4 is 11.9 Å². The third-order valence-electron chi connectivity index (χ3n) is 4.30. The lowest BCUT2D eigenvalue weighted by Gasteiger charge is -2.34. The molecule has 5 nitrogen and oxygen atoms in total. The number of nitrogens with one attached hydrogen (secondary N) is 1. The van der Waals surface area contributed by atoms with E-state index in [4.69, 9.17) is 0 Å². The molecule has 0 aliphatic carbocycles. The van der Waals surface area contributed by atoms with Gasteiger partial charge in [0.05, 0.1) is 0 Å². The molecular formula is C17H23F2N3O2. The van der Waals surface area contributed by atoms with E-state index in [1.54, 1.807) is 7.05 Å². The van der Waals surface area contributed by atoms with E-state index in [9.17, 15) is 18.4 Å². The zero-order chi connectivity index (χ0) is 17.9. The van der Waals surface area contributed by atoms with Gasteiger partial charge in [0.1, 0.15) is 17.7 Å². The molecule has 0 aromatic heterocycles. The monoisotopic (exact) mass is 339 g/mol. The number of rotatable bonds is 4. The fourth-order valence-corrected chi connectivity index (χ4v) is 2.57. The zero-order valence-electron chi connectivity index (χ0n) is 14.2. The third kappa shape index (κ3) is 4.21. The van der Waals surface area contributed by atoms with Crippen LogP contribution in [0.4, 0.5) is 13.6 Å². The van der Waals surface area contributed by atoms with Gasteiger partial charge in [-0.15, -0.1) is 0 Å². The number of hydrogen-bond donors (Lipinski definition) is 1. The first-order valence-corrected chi connectivity index (χ1v) is 8.05. The first kappa shape index (κ1) is 18.2. The summed E-state index contributed by atoms with van der Waals surface area (Å²) in [4.78, 5) is 27.6. The van der Waals surface area contributed by atoms with E-state index in [-0.39, 0.29) is 30.1 Å². The highest BCUT2D eigenvalue weighted by molar-refractivity contribution is 5.87. The van der Waals surface area contributed by atoms with Crippen molar-refractivity contribution in [2.45, 2.75) is 45.3 Å². The number of urea groups is 1. The quantitative estimate of drug-likeness (QED) is 0.916. The second-order valence-electron chi connectivity index (χ2n) is 6.34. The fraction of sp³-hybridized carbons (Fsp3) is 0.529. The molecule has 2 rings (SSSR count). The number of benzene rings is 1. The molecule has 0 spiro atoms. The number of nitrogens with zero attached hydrogens (tertiary/aromatic N) is 2. The van der Waals surface area contributed by atoms with Crippen molar-refractivity contribution in [1.29, 1.82) is 0 Å². The molecule has 7 heteroatoms. The van der Waals surface area contributed by atoms with E-state index >= 15 is 0 Å². The largest absolute Gasteiger partial charge is 0.336 e. The van der Waals surface area contributed by atoms with Crippen LogP contribution in [0.5, 0.6) is 0 Å². The number of hydrogen-bond acceptors (Lipinski definition) is 2. The smallest absolute Gasteiger partial charge is 0.318 e. The van der Waals surface area contributed by atoms with Crippen LogP contribution in [-0.2, 0) is 11.3 Å². The lowest BCUT2D eigenvalue weighted by Crippen LogP contribution is -2.55. The molecular weight excluding hydrogens is 316 g/mol. The molecule has 1 aliphatic heterocycles. The Balaban J connectivity index is 2.03. The van der Waals surface area contributed by atoms with Gasteiger partial charge in [-0.05, 0) is 32.8 Å². The minimum absolute atomic E-state index is 0.0214. The van der Waals surface area contributed by atoms with E-state index in [2.05, 4.69) is 5.32 Å². The van der Waals surface area contributed by atoms with Gasteiger partial charge in [0, 0.05) is 37.8 Å². The minimum Gasteiger partial charge on any atom is -0.336 e. The summed E-state index contributed by atoms with van der Waals surface area (Å²) in [6.07, 6.45) is 1.27. The van der Waals surface area contributed by atoms with Gasteiger partial charge in [0.25, 0.3) is 0 Å². The van der Waals surface area contributed by atoms with Crippen molar-refractivity contribution < 1.29 is 18.4 Å². The maximum Gasteiger partial charge on any atom is 0.318 e. The molecule has 0 bridgehead atoms. The Morgan fingerprint density at radius 3 is 2.75 bits per heavy atom. The van der Waals surface area contributed by atoms with Crippen LogP contribution in [-0.4, -0.2) is 47.4 Å². The van der Waals surface area contributed by atoms with Gasteiger partial charge in [-0.1, -0.05) is 6.07 Å². The second-order valence-corrected chi connectivity index (χ2v) is 6.34. The fourth-order valence-electron chi connectivity index (χ4n) is 2.57. The molecule has 3 amide bonds. The molecule has 1 aromatic carbocycles. The predicted molar refractivity (Wildman–Crippen MR) is 86.2 cm³/mol. The number of piperidine rings is 1. The maximum atomic E-state index is 13.8. The molecule has 1 N–H and O–H groups in total. The van der Waals surface area contributed by atoms with Crippen LogP contribution >= 0.6 is 0 Å². The average molecular weight is 339 g/mol. The van der Waals surface area contributed by atoms with Gasteiger partial charge < -0.3 is 15.1 Å². The minimum atomic E-state index is -0.673. The van der Waals surface area contributed by atoms with E-state index < -0.39 is 17.7 Å². The molecule has 1 atom stereocenters. The highest BCUT2D eigenvalue weighted by Crippen LogP contribution is 2.18. The van der Waals surface area contributed by atoms with Crippen LogP contribution in [0.2, 0.25) is 0 Å². The lowest BCUT2D eigenvalue weighted by atomic mass is 10.0. The highest BCUT2D eigenvalue weighted by atomic mass is 19.1. The molecule has 1 saturated heterocycles. The Hall–Kier alpha value is -2.18. The number of carbonyl (C=O) groups is 2. The summed E-state index contributed by atoms with van der Waals surface area (Å²) in [7, 11) is 1.67. The van der Waals surface area contributed by atoms with Crippen molar-refractivity contribution in [3.8, 4) is 0 Å². The van der Waals surface area contributed by atoms with Gasteiger partial charge in [-0.3, -0.25) is 4.79 Å². The van der Waals surface area contributed by atoms with Crippen molar-refractivity contribution in [2.75, 3.05) is 13.6 Å². The van der Waals surface area contributed by atoms with Gasteiger partial charge >= 0.3 is 6.03 Å². The molecule has 0 saturated carbocycles. The summed E-state index contributed by atoms with van der Waals surface area (Å²) < 4.78 is 26.8. The molecule has 1 aliphatic rings. The molecule has 1 fully saturated rings. The Kier molecular flexibility index (Phi) is 5.75. The van der Waals surface area contributed by atoms with Gasteiger partial charge in [-0.25, -0.2) is 13.6 Å². The van der Waals surface area contributed by atoms with Crippen molar-refractivity contribution in [2.24, 2.45) is 0 Å². The number of halogens is 2. The summed E-state index contributed by atoms with van der Waals surface area (Å²) in [5.41, 5.74) is 0.260. The first-order valence-electron chi connectivity index (χ1n) is 8.05. The summed E-state index contributed by atoms with van der Waals surface area (Å²) in [5.74, 6) is -1.56. The molecule has 24 heavy (non-hydrogen) atoms. The Morgan fingerprint density at radius 2 is 2.12 bits per heavy atom. The SMILES string of the molecule is CC(C)N(C)C(=O)NC1CCCN(Cc2ccc(F)cc2F)C1=O. The Labute approximate surface area is 140 Å². The van der Waals surface area contributed by atoms with E-state index in [1.807, 2.05) is 13.8 Å². The summed E-state index contributed by atoms with van der Waals surface area (Å²) >= 11 is 0. The van der Waals surface area contributed by atoms with E-state index in [0.717, 1.165) is 6.07 Å². The normalized spacial score (nSPS) is 18.0. The second kappa shape index (κ2) is 7.59. The summed E-state index contributed by atoms with van der Waals surface area (Å²) in [6.45, 7) is 4.32. The van der Waals surface area contributed by atoms with Crippen LogP contribution < -0.4 is 5.32 Å². The zero-order valence-corrected chi connectivity index (χ0v) is 14.2. The molecule has 132 valence electrons. The van der Waals surface area contributed by atoms with Crippen LogP contribution in [0.25, 0.3) is 0 Å². The van der Waals surface area contributed by atoms with Gasteiger partial charge in [-0.2, -0.15) is 0 Å². The molecule has 0 radical (unpaired) electrons. The topological polar surface area (TPSA) is 52.7 Å². The van der Waals surface area contributed by atoms with Crippen LogP contribution in [0.1, 0.15) is 32.3 Å². The van der Waals surface area contributed by atoms with Gasteiger partial charge in [0.2, 0.25) is 5.91 Å². The van der Waals surface area contributed by atoms with Crippen LogP contribution in [0.15, 0.2) is 18.2 Å². The van der Waals surface area contributed by atoms with E-state index in [0.29, 0.717) is 19.4 Å². The van der Waals surface area contributed by atoms with Crippen LogP contribution in [0.3, 0.4) is 0 Å². The van der Waals surface area contributed by atoms with Crippen molar-refractivity contribution in [3.05, 3.63) is 35.4 Å². The Morgan fingerprint density at radius 1 is 1.42 bits per heavy atom. The maximum absolute atomic E-state index is 13.8. The van der Waals surface area contributed by atoms with E-state index in [1.165, 1.54) is 21.9 Å². The highest BCUT2D eigenvalue weighted by Gasteiger charge is 2.31. The summed E-state index contributed by atoms with van der Waals surface area (Å²) in [5, 5.41) is 2.73. The number of amides is 3.